The molecule has 0 saturated carbocycles. The second-order valence-corrected chi connectivity index (χ2v) is 5.09. The number of ether oxygens (including phenoxy) is 2. The average Bonchev–Trinajstić information content (AvgIpc) is 2.94. The first-order chi connectivity index (χ1) is 9.40. The van der Waals surface area contributed by atoms with Gasteiger partial charge in [-0.25, -0.2) is 0 Å². The van der Waals surface area contributed by atoms with Gasteiger partial charge in [0, 0.05) is 11.3 Å². The molecule has 0 unspecified atom stereocenters. The molecule has 2 aliphatic heterocycles. The lowest BCUT2D eigenvalue weighted by atomic mass is 10.1. The molecule has 96 valence electrons. The van der Waals surface area contributed by atoms with Gasteiger partial charge in [-0.1, -0.05) is 11.8 Å². The van der Waals surface area contributed by atoms with Gasteiger partial charge >= 0.3 is 0 Å². The zero-order valence-corrected chi connectivity index (χ0v) is 10.8. The number of hydrogen-bond donors (Lipinski definition) is 0. The second kappa shape index (κ2) is 4.27. The van der Waals surface area contributed by atoms with Crippen LogP contribution in [0.2, 0.25) is 0 Å². The molecule has 1 aromatic carbocycles. The summed E-state index contributed by atoms with van der Waals surface area (Å²) in [4.78, 5) is 0. The fraction of sp³-hybridized carbons (Fsp3) is 0.250. The first kappa shape index (κ1) is 10.9. The Morgan fingerprint density at radius 2 is 2.05 bits per heavy atom. The molecule has 0 bridgehead atoms. The molecule has 0 fully saturated rings. The largest absolute Gasteiger partial charge is 0.486 e. The maximum absolute atomic E-state index is 5.59. The van der Waals surface area contributed by atoms with Crippen LogP contribution in [-0.4, -0.2) is 39.6 Å². The van der Waals surface area contributed by atoms with Gasteiger partial charge in [-0.05, 0) is 18.2 Å². The summed E-state index contributed by atoms with van der Waals surface area (Å²) in [5.74, 6) is 2.35. The molecule has 2 aliphatic rings. The fourth-order valence-electron chi connectivity index (χ4n) is 2.04. The van der Waals surface area contributed by atoms with Crippen LogP contribution in [0.5, 0.6) is 11.5 Å². The summed E-state index contributed by atoms with van der Waals surface area (Å²) in [6.07, 6.45) is 1.61. The van der Waals surface area contributed by atoms with Gasteiger partial charge in [-0.2, -0.15) is 9.78 Å². The Balaban J connectivity index is 1.74. The van der Waals surface area contributed by atoms with Crippen LogP contribution in [0.1, 0.15) is 5.56 Å². The van der Waals surface area contributed by atoms with Crippen LogP contribution in [0.3, 0.4) is 0 Å². The number of thioether (sulfide) groups is 1. The highest BCUT2D eigenvalue weighted by atomic mass is 32.2. The van der Waals surface area contributed by atoms with Crippen molar-refractivity contribution >= 4 is 17.5 Å². The van der Waals surface area contributed by atoms with Crippen LogP contribution in [0.15, 0.2) is 34.8 Å². The monoisotopic (exact) mass is 274 g/mol. The van der Waals surface area contributed by atoms with Crippen molar-refractivity contribution in [2.45, 2.75) is 5.16 Å². The Kier molecular flexibility index (Phi) is 2.44. The van der Waals surface area contributed by atoms with Crippen LogP contribution in [0.4, 0.5) is 0 Å². The topological polar surface area (TPSA) is 61.5 Å². The van der Waals surface area contributed by atoms with E-state index in [1.807, 2.05) is 18.2 Å². The maximum Gasteiger partial charge on any atom is 0.212 e. The molecular formula is C12H10N4O2S. The summed E-state index contributed by atoms with van der Waals surface area (Å²) in [6, 6.07) is 5.91. The predicted molar refractivity (Wildman–Crippen MR) is 70.1 cm³/mol. The lowest BCUT2D eigenvalue weighted by molar-refractivity contribution is 0.171. The van der Waals surface area contributed by atoms with Gasteiger partial charge in [0.05, 0.1) is 5.71 Å². The van der Waals surface area contributed by atoms with Crippen LogP contribution in [0, 0.1) is 0 Å². The lowest BCUT2D eigenvalue weighted by Crippen LogP contribution is -2.17. The van der Waals surface area contributed by atoms with Gasteiger partial charge in [0.1, 0.15) is 19.5 Å². The molecule has 7 heteroatoms. The predicted octanol–water partition coefficient (Wildman–Crippen LogP) is 1.41. The molecule has 3 heterocycles. The van der Waals surface area contributed by atoms with Gasteiger partial charge in [0.2, 0.25) is 5.16 Å². The zero-order valence-electron chi connectivity index (χ0n) is 9.94. The van der Waals surface area contributed by atoms with Crippen molar-refractivity contribution in [1.29, 1.82) is 0 Å². The summed E-state index contributed by atoms with van der Waals surface area (Å²) < 4.78 is 12.8. The number of rotatable bonds is 1. The lowest BCUT2D eigenvalue weighted by Gasteiger charge is -2.19. The Morgan fingerprint density at radius 3 is 3.00 bits per heavy atom. The van der Waals surface area contributed by atoms with Gasteiger partial charge in [0.15, 0.2) is 11.5 Å². The van der Waals surface area contributed by atoms with E-state index in [0.29, 0.717) is 13.2 Å². The number of nitrogens with zero attached hydrogens (tertiary/aromatic N) is 4. The molecule has 0 spiro atoms. The first-order valence-electron chi connectivity index (χ1n) is 5.91. The first-order valence-corrected chi connectivity index (χ1v) is 6.89. The SMILES string of the molecule is c1cc2c(cc1C1=Nn3cnnc3SC1)OCCO2. The van der Waals surface area contributed by atoms with Crippen molar-refractivity contribution < 1.29 is 9.47 Å². The highest BCUT2D eigenvalue weighted by molar-refractivity contribution is 7.99. The van der Waals surface area contributed by atoms with E-state index in [1.165, 1.54) is 0 Å². The van der Waals surface area contributed by atoms with Crippen molar-refractivity contribution in [3.63, 3.8) is 0 Å². The van der Waals surface area contributed by atoms with Crippen LogP contribution in [0.25, 0.3) is 0 Å². The van der Waals surface area contributed by atoms with Crippen LogP contribution < -0.4 is 9.47 Å². The fourth-order valence-corrected chi connectivity index (χ4v) is 2.85. The van der Waals surface area contributed by atoms with Gasteiger partial charge < -0.3 is 9.47 Å². The summed E-state index contributed by atoms with van der Waals surface area (Å²) in [5, 5.41) is 13.2. The molecule has 0 aliphatic carbocycles. The maximum atomic E-state index is 5.59. The Bertz CT molecular complexity index is 667. The van der Waals surface area contributed by atoms with E-state index < -0.39 is 0 Å². The molecule has 0 amide bonds. The third-order valence-corrected chi connectivity index (χ3v) is 3.89. The van der Waals surface area contributed by atoms with E-state index in [4.69, 9.17) is 9.47 Å². The molecule has 6 nitrogen and oxygen atoms in total. The molecule has 0 N–H and O–H groups in total. The summed E-state index contributed by atoms with van der Waals surface area (Å²) in [6.45, 7) is 1.19. The third kappa shape index (κ3) is 1.86. The molecule has 0 atom stereocenters. The van der Waals surface area contributed by atoms with E-state index in [1.54, 1.807) is 22.8 Å². The van der Waals surface area contributed by atoms with Crippen molar-refractivity contribution in [2.24, 2.45) is 5.10 Å². The van der Waals surface area contributed by atoms with Gasteiger partial charge in [0.25, 0.3) is 0 Å². The molecule has 0 saturated heterocycles. The second-order valence-electron chi connectivity index (χ2n) is 4.15. The van der Waals surface area contributed by atoms with E-state index in [0.717, 1.165) is 33.7 Å². The highest BCUT2D eigenvalue weighted by Gasteiger charge is 2.18. The van der Waals surface area contributed by atoms with E-state index in [2.05, 4.69) is 15.3 Å². The minimum absolute atomic E-state index is 0.591. The number of aromatic nitrogens is 3. The van der Waals surface area contributed by atoms with Crippen LogP contribution >= 0.6 is 11.8 Å². The van der Waals surface area contributed by atoms with Crippen molar-refractivity contribution in [1.82, 2.24) is 14.9 Å². The number of hydrogen-bond acceptors (Lipinski definition) is 6. The van der Waals surface area contributed by atoms with Gasteiger partial charge in [-0.3, -0.25) is 0 Å². The molecule has 1 aromatic heterocycles. The standard InChI is InChI=1S/C12H10N4O2S/c1-2-10-11(18-4-3-17-10)5-8(1)9-6-19-12-14-13-7-16(12)15-9/h1-2,5,7H,3-4,6H2. The minimum atomic E-state index is 0.591. The summed E-state index contributed by atoms with van der Waals surface area (Å²) in [5.41, 5.74) is 2.02. The Morgan fingerprint density at radius 1 is 1.16 bits per heavy atom. The van der Waals surface area contributed by atoms with Crippen LogP contribution in [-0.2, 0) is 0 Å². The smallest absolute Gasteiger partial charge is 0.212 e. The molecule has 4 rings (SSSR count). The molecule has 0 radical (unpaired) electrons. The molecule has 19 heavy (non-hydrogen) atoms. The third-order valence-electron chi connectivity index (χ3n) is 2.94. The number of fused-ring (bicyclic) bond motifs is 2. The zero-order chi connectivity index (χ0) is 12.7. The Labute approximate surface area is 113 Å². The normalized spacial score (nSPS) is 16.7. The molecular weight excluding hydrogens is 264 g/mol. The van der Waals surface area contributed by atoms with E-state index in [9.17, 15) is 0 Å². The van der Waals surface area contributed by atoms with Gasteiger partial charge in [-0.15, -0.1) is 10.2 Å². The van der Waals surface area contributed by atoms with Crippen molar-refractivity contribution in [3.05, 3.63) is 30.1 Å². The molecule has 2 aromatic rings. The van der Waals surface area contributed by atoms with Crippen molar-refractivity contribution in [2.75, 3.05) is 19.0 Å². The number of benzene rings is 1. The van der Waals surface area contributed by atoms with E-state index in [-0.39, 0.29) is 0 Å². The quantitative estimate of drug-likeness (QED) is 0.786. The minimum Gasteiger partial charge on any atom is -0.486 e. The average molecular weight is 274 g/mol. The highest BCUT2D eigenvalue weighted by Crippen LogP contribution is 2.32. The Hall–Kier alpha value is -2.02. The summed E-state index contributed by atoms with van der Waals surface area (Å²) >= 11 is 1.62. The van der Waals surface area contributed by atoms with E-state index >= 15 is 0 Å². The summed E-state index contributed by atoms with van der Waals surface area (Å²) in [7, 11) is 0. The van der Waals surface area contributed by atoms with Crippen molar-refractivity contribution in [3.8, 4) is 11.5 Å².